The summed E-state index contributed by atoms with van der Waals surface area (Å²) in [6, 6.07) is 6.24. The van der Waals surface area contributed by atoms with E-state index in [2.05, 4.69) is 19.2 Å². The van der Waals surface area contributed by atoms with E-state index in [1.807, 2.05) is 0 Å². The Labute approximate surface area is 126 Å². The molecule has 116 valence electrons. The topological polar surface area (TPSA) is 89.3 Å². The van der Waals surface area contributed by atoms with Gasteiger partial charge in [-0.25, -0.2) is 13.6 Å². The predicted molar refractivity (Wildman–Crippen MR) is 80.8 cm³/mol. The van der Waals surface area contributed by atoms with Gasteiger partial charge < -0.3 is 5.32 Å². The summed E-state index contributed by atoms with van der Waals surface area (Å²) in [4.78, 5) is 12.3. The minimum absolute atomic E-state index is 0.0567. The standard InChI is InChI=1S/C15H22N2O3S/c1-15(2)9-3-4-13(15)14(18)17-10-11-5-7-12(8-6-11)21(16,19)20/h5-8,13H,3-4,9-10H2,1-2H3,(H,17,18)(H2,16,19,20). The second-order valence-electron chi connectivity index (χ2n) is 6.34. The van der Waals surface area contributed by atoms with Crippen LogP contribution < -0.4 is 10.5 Å². The first-order chi connectivity index (χ1) is 9.70. The third kappa shape index (κ3) is 3.83. The number of hydrogen-bond donors (Lipinski definition) is 2. The Morgan fingerprint density at radius 1 is 1.33 bits per heavy atom. The third-order valence-electron chi connectivity index (χ3n) is 4.29. The highest BCUT2D eigenvalue weighted by Gasteiger charge is 2.38. The van der Waals surface area contributed by atoms with Crippen LogP contribution in [0.4, 0.5) is 0 Å². The van der Waals surface area contributed by atoms with Crippen LogP contribution in [0.2, 0.25) is 0 Å². The molecular formula is C15H22N2O3S. The van der Waals surface area contributed by atoms with Gasteiger partial charge in [0.1, 0.15) is 0 Å². The number of carbonyl (C=O) groups excluding carboxylic acids is 1. The van der Waals surface area contributed by atoms with Gasteiger partial charge in [0.15, 0.2) is 0 Å². The van der Waals surface area contributed by atoms with Gasteiger partial charge >= 0.3 is 0 Å². The van der Waals surface area contributed by atoms with Crippen molar-refractivity contribution in [2.24, 2.45) is 16.5 Å². The Balaban J connectivity index is 1.96. The van der Waals surface area contributed by atoms with E-state index < -0.39 is 10.0 Å². The van der Waals surface area contributed by atoms with Crippen LogP contribution in [0.3, 0.4) is 0 Å². The number of rotatable bonds is 4. The number of hydrogen-bond acceptors (Lipinski definition) is 3. The molecule has 0 heterocycles. The van der Waals surface area contributed by atoms with Crippen LogP contribution in [0.5, 0.6) is 0 Å². The number of benzene rings is 1. The molecule has 2 rings (SSSR count). The fourth-order valence-corrected chi connectivity index (χ4v) is 3.44. The molecule has 3 N–H and O–H groups in total. The number of nitrogens with two attached hydrogens (primary N) is 1. The highest BCUT2D eigenvalue weighted by molar-refractivity contribution is 7.89. The van der Waals surface area contributed by atoms with Gasteiger partial charge in [0.2, 0.25) is 15.9 Å². The molecule has 1 aliphatic rings. The van der Waals surface area contributed by atoms with Gasteiger partial charge in [-0.1, -0.05) is 32.4 Å². The quantitative estimate of drug-likeness (QED) is 0.888. The molecule has 0 aromatic heterocycles. The maximum atomic E-state index is 12.2. The largest absolute Gasteiger partial charge is 0.352 e. The Morgan fingerprint density at radius 2 is 1.95 bits per heavy atom. The van der Waals surface area contributed by atoms with Crippen LogP contribution in [0.15, 0.2) is 29.2 Å². The first-order valence-corrected chi connectivity index (χ1v) is 8.64. The number of primary sulfonamides is 1. The Morgan fingerprint density at radius 3 is 2.43 bits per heavy atom. The van der Waals surface area contributed by atoms with Gasteiger partial charge in [0.25, 0.3) is 0 Å². The first-order valence-electron chi connectivity index (χ1n) is 7.09. The Kier molecular flexibility index (Phi) is 4.39. The van der Waals surface area contributed by atoms with Crippen molar-refractivity contribution in [3.05, 3.63) is 29.8 Å². The van der Waals surface area contributed by atoms with E-state index in [-0.39, 0.29) is 22.1 Å². The van der Waals surface area contributed by atoms with Crippen molar-refractivity contribution in [3.63, 3.8) is 0 Å². The van der Waals surface area contributed by atoms with E-state index in [4.69, 9.17) is 5.14 Å². The van der Waals surface area contributed by atoms with E-state index in [1.165, 1.54) is 12.1 Å². The molecule has 1 fully saturated rings. The molecule has 1 amide bonds. The van der Waals surface area contributed by atoms with E-state index in [1.54, 1.807) is 12.1 Å². The molecule has 1 aromatic rings. The molecule has 0 aliphatic heterocycles. The molecule has 6 heteroatoms. The summed E-state index contributed by atoms with van der Waals surface area (Å²) < 4.78 is 22.3. The minimum atomic E-state index is -3.67. The van der Waals surface area contributed by atoms with Gasteiger partial charge in [-0.3, -0.25) is 4.79 Å². The number of carbonyl (C=O) groups is 1. The van der Waals surface area contributed by atoms with Crippen molar-refractivity contribution in [2.75, 3.05) is 0 Å². The second-order valence-corrected chi connectivity index (χ2v) is 7.90. The zero-order valence-electron chi connectivity index (χ0n) is 12.4. The van der Waals surface area contributed by atoms with Crippen molar-refractivity contribution in [3.8, 4) is 0 Å². The highest BCUT2D eigenvalue weighted by Crippen LogP contribution is 2.42. The highest BCUT2D eigenvalue weighted by atomic mass is 32.2. The van der Waals surface area contributed by atoms with Crippen molar-refractivity contribution in [2.45, 2.75) is 44.6 Å². The molecule has 0 saturated heterocycles. The van der Waals surface area contributed by atoms with Gasteiger partial charge in [0, 0.05) is 12.5 Å². The average Bonchev–Trinajstić information content (AvgIpc) is 2.75. The summed E-state index contributed by atoms with van der Waals surface area (Å²) in [5.41, 5.74) is 0.910. The number of nitrogens with one attached hydrogen (secondary N) is 1. The van der Waals surface area contributed by atoms with Crippen molar-refractivity contribution in [1.82, 2.24) is 5.32 Å². The molecular weight excluding hydrogens is 288 g/mol. The lowest BCUT2D eigenvalue weighted by atomic mass is 9.81. The fourth-order valence-electron chi connectivity index (χ4n) is 2.92. The van der Waals surface area contributed by atoms with Gasteiger partial charge in [-0.15, -0.1) is 0 Å². The normalized spacial score (nSPS) is 21.2. The molecule has 5 nitrogen and oxygen atoms in total. The molecule has 0 spiro atoms. The first kappa shape index (κ1) is 16.0. The summed E-state index contributed by atoms with van der Waals surface area (Å²) in [6.45, 7) is 4.66. The van der Waals surface area contributed by atoms with E-state index in [9.17, 15) is 13.2 Å². The Hall–Kier alpha value is -1.40. The van der Waals surface area contributed by atoms with Crippen LogP contribution in [0, 0.1) is 11.3 Å². The predicted octanol–water partition coefficient (Wildman–Crippen LogP) is 1.78. The zero-order chi connectivity index (χ0) is 15.7. The van der Waals surface area contributed by atoms with Gasteiger partial charge in [0.05, 0.1) is 4.90 Å². The lowest BCUT2D eigenvalue weighted by Crippen LogP contribution is -2.35. The summed E-state index contributed by atoms with van der Waals surface area (Å²) in [5, 5.41) is 7.98. The summed E-state index contributed by atoms with van der Waals surface area (Å²) in [7, 11) is -3.67. The van der Waals surface area contributed by atoms with E-state index in [0.29, 0.717) is 6.54 Å². The van der Waals surface area contributed by atoms with Crippen LogP contribution in [0.25, 0.3) is 0 Å². The van der Waals surface area contributed by atoms with Crippen molar-refractivity contribution in [1.29, 1.82) is 0 Å². The third-order valence-corrected chi connectivity index (χ3v) is 5.22. The van der Waals surface area contributed by atoms with Crippen LogP contribution >= 0.6 is 0 Å². The smallest absolute Gasteiger partial charge is 0.238 e. The molecule has 1 aliphatic carbocycles. The maximum absolute atomic E-state index is 12.2. The SMILES string of the molecule is CC1(C)CCCC1C(=O)NCc1ccc(S(N)(=O)=O)cc1. The molecule has 21 heavy (non-hydrogen) atoms. The lowest BCUT2D eigenvalue weighted by Gasteiger charge is -2.25. The van der Waals surface area contributed by atoms with Crippen LogP contribution in [0.1, 0.15) is 38.7 Å². The van der Waals surface area contributed by atoms with Crippen LogP contribution in [-0.4, -0.2) is 14.3 Å². The van der Waals surface area contributed by atoms with E-state index in [0.717, 1.165) is 24.8 Å². The Bertz CT molecular complexity index is 621. The molecule has 0 bridgehead atoms. The molecule has 1 aromatic carbocycles. The summed E-state index contributed by atoms with van der Waals surface area (Å²) >= 11 is 0. The summed E-state index contributed by atoms with van der Waals surface area (Å²) in [5.74, 6) is 0.134. The maximum Gasteiger partial charge on any atom is 0.238 e. The van der Waals surface area contributed by atoms with Crippen molar-refractivity contribution < 1.29 is 13.2 Å². The van der Waals surface area contributed by atoms with Crippen molar-refractivity contribution >= 4 is 15.9 Å². The molecule has 1 atom stereocenters. The number of amides is 1. The van der Waals surface area contributed by atoms with Crippen LogP contribution in [-0.2, 0) is 21.4 Å². The number of sulfonamides is 1. The monoisotopic (exact) mass is 310 g/mol. The minimum Gasteiger partial charge on any atom is -0.352 e. The van der Waals surface area contributed by atoms with E-state index >= 15 is 0 Å². The van der Waals surface area contributed by atoms with Gasteiger partial charge in [-0.2, -0.15) is 0 Å². The lowest BCUT2D eigenvalue weighted by molar-refractivity contribution is -0.127. The average molecular weight is 310 g/mol. The zero-order valence-corrected chi connectivity index (χ0v) is 13.2. The molecule has 1 saturated carbocycles. The fraction of sp³-hybridized carbons (Fsp3) is 0.533. The molecule has 1 unspecified atom stereocenters. The second kappa shape index (κ2) is 5.77. The summed E-state index contributed by atoms with van der Waals surface area (Å²) in [6.07, 6.45) is 3.10. The van der Waals surface area contributed by atoms with Gasteiger partial charge in [-0.05, 0) is 36.0 Å². The molecule has 0 radical (unpaired) electrons.